The molecule has 2 aromatic carbocycles. The molecular weight excluding hydrogens is 269 g/mol. The highest BCUT2D eigenvalue weighted by molar-refractivity contribution is 7.99. The van der Waals surface area contributed by atoms with E-state index < -0.39 is 0 Å². The molecule has 1 atom stereocenters. The van der Waals surface area contributed by atoms with Crippen LogP contribution in [0.5, 0.6) is 0 Å². The Hall–Kier alpha value is -1.32. The summed E-state index contributed by atoms with van der Waals surface area (Å²) in [7, 11) is 0. The molecule has 2 rings (SSSR count). The zero-order valence-corrected chi connectivity index (χ0v) is 13.1. The molecule has 0 aromatic heterocycles. The van der Waals surface area contributed by atoms with E-state index in [1.165, 1.54) is 11.1 Å². The summed E-state index contributed by atoms with van der Waals surface area (Å²) in [5, 5.41) is 0. The van der Waals surface area contributed by atoms with Crippen molar-refractivity contribution in [2.75, 3.05) is 0 Å². The highest BCUT2D eigenvalue weighted by atomic mass is 32.2. The quantitative estimate of drug-likeness (QED) is 0.867. The zero-order chi connectivity index (χ0) is 14.9. The molecule has 0 amide bonds. The van der Waals surface area contributed by atoms with Gasteiger partial charge in [0.2, 0.25) is 0 Å². The third kappa shape index (κ3) is 3.22. The van der Waals surface area contributed by atoms with Gasteiger partial charge in [0.25, 0.3) is 0 Å². The third-order valence-electron chi connectivity index (χ3n) is 3.49. The summed E-state index contributed by atoms with van der Waals surface area (Å²) in [6, 6.07) is 9.62. The number of hydrogen-bond donors (Lipinski definition) is 1. The van der Waals surface area contributed by atoms with Gasteiger partial charge >= 0.3 is 0 Å². The van der Waals surface area contributed by atoms with Crippen LogP contribution in [-0.4, -0.2) is 0 Å². The van der Waals surface area contributed by atoms with Crippen LogP contribution >= 0.6 is 11.8 Å². The van der Waals surface area contributed by atoms with E-state index in [4.69, 9.17) is 5.73 Å². The van der Waals surface area contributed by atoms with Crippen LogP contribution in [0.2, 0.25) is 0 Å². The molecule has 2 N–H and O–H groups in total. The molecule has 3 heteroatoms. The summed E-state index contributed by atoms with van der Waals surface area (Å²) >= 11 is 1.64. The van der Waals surface area contributed by atoms with Crippen molar-refractivity contribution in [1.82, 2.24) is 0 Å². The second kappa shape index (κ2) is 5.98. The van der Waals surface area contributed by atoms with Gasteiger partial charge in [-0.05, 0) is 74.2 Å². The Kier molecular flexibility index (Phi) is 4.51. The smallest absolute Gasteiger partial charge is 0.126 e. The second-order valence-electron chi connectivity index (χ2n) is 5.28. The van der Waals surface area contributed by atoms with Crippen molar-refractivity contribution in [3.8, 4) is 0 Å². The first-order valence-electron chi connectivity index (χ1n) is 6.69. The Morgan fingerprint density at radius 3 is 2.30 bits per heavy atom. The topological polar surface area (TPSA) is 26.0 Å². The van der Waals surface area contributed by atoms with Crippen molar-refractivity contribution in [2.24, 2.45) is 5.73 Å². The Labute approximate surface area is 124 Å². The Bertz CT molecular complexity index is 635. The molecule has 1 nitrogen and oxygen atoms in total. The molecule has 0 aliphatic heterocycles. The van der Waals surface area contributed by atoms with Crippen molar-refractivity contribution in [3.63, 3.8) is 0 Å². The van der Waals surface area contributed by atoms with Crippen molar-refractivity contribution >= 4 is 11.8 Å². The molecule has 0 aliphatic rings. The molecule has 0 heterocycles. The molecule has 0 saturated carbocycles. The average molecular weight is 289 g/mol. The highest BCUT2D eigenvalue weighted by Gasteiger charge is 2.12. The molecule has 106 valence electrons. The first kappa shape index (κ1) is 15.1. The van der Waals surface area contributed by atoms with Crippen LogP contribution in [-0.2, 0) is 0 Å². The molecule has 0 spiro atoms. The van der Waals surface area contributed by atoms with Crippen LogP contribution in [0.4, 0.5) is 4.39 Å². The number of halogens is 1. The van der Waals surface area contributed by atoms with Gasteiger partial charge in [-0.3, -0.25) is 0 Å². The molecule has 0 aliphatic carbocycles. The van der Waals surface area contributed by atoms with E-state index in [-0.39, 0.29) is 11.9 Å². The second-order valence-corrected chi connectivity index (χ2v) is 6.39. The fourth-order valence-electron chi connectivity index (χ4n) is 2.02. The minimum atomic E-state index is -0.193. The average Bonchev–Trinajstić information content (AvgIpc) is 2.37. The lowest BCUT2D eigenvalue weighted by Crippen LogP contribution is -2.07. The van der Waals surface area contributed by atoms with E-state index in [1.54, 1.807) is 24.8 Å². The molecule has 0 unspecified atom stereocenters. The largest absolute Gasteiger partial charge is 0.324 e. The van der Waals surface area contributed by atoms with E-state index in [1.807, 2.05) is 13.0 Å². The number of benzene rings is 2. The number of aryl methyl sites for hydroxylation is 3. The molecule has 0 bridgehead atoms. The highest BCUT2D eigenvalue weighted by Crippen LogP contribution is 2.35. The lowest BCUT2D eigenvalue weighted by molar-refractivity contribution is 0.610. The van der Waals surface area contributed by atoms with Gasteiger partial charge < -0.3 is 5.73 Å². The van der Waals surface area contributed by atoms with Gasteiger partial charge in [-0.2, -0.15) is 0 Å². The monoisotopic (exact) mass is 289 g/mol. The van der Waals surface area contributed by atoms with Crippen LogP contribution in [0.15, 0.2) is 40.1 Å². The van der Waals surface area contributed by atoms with E-state index >= 15 is 0 Å². The zero-order valence-electron chi connectivity index (χ0n) is 12.3. The molecule has 2 aromatic rings. The number of rotatable bonds is 3. The summed E-state index contributed by atoms with van der Waals surface area (Å²) in [4.78, 5) is 2.18. The van der Waals surface area contributed by atoms with Crippen LogP contribution in [0, 0.1) is 26.6 Å². The van der Waals surface area contributed by atoms with Gasteiger partial charge in [-0.1, -0.05) is 17.8 Å². The van der Waals surface area contributed by atoms with Gasteiger partial charge in [0.15, 0.2) is 0 Å². The van der Waals surface area contributed by atoms with Crippen LogP contribution in [0.1, 0.15) is 35.2 Å². The van der Waals surface area contributed by atoms with Gasteiger partial charge in [-0.15, -0.1) is 0 Å². The minimum absolute atomic E-state index is 0.181. The maximum absolute atomic E-state index is 13.7. The van der Waals surface area contributed by atoms with Gasteiger partial charge in [0, 0.05) is 15.8 Å². The van der Waals surface area contributed by atoms with Gasteiger partial charge in [0.05, 0.1) is 0 Å². The normalized spacial score (nSPS) is 12.5. The molecule has 20 heavy (non-hydrogen) atoms. The van der Waals surface area contributed by atoms with Crippen molar-refractivity contribution in [1.29, 1.82) is 0 Å². The first-order valence-corrected chi connectivity index (χ1v) is 7.51. The molecular formula is C17H20FNS. The van der Waals surface area contributed by atoms with Crippen LogP contribution < -0.4 is 5.73 Å². The Balaban J connectivity index is 2.41. The maximum atomic E-state index is 13.7. The fourth-order valence-corrected chi connectivity index (χ4v) is 3.24. The molecule has 0 fully saturated rings. The van der Waals surface area contributed by atoms with Crippen LogP contribution in [0.3, 0.4) is 0 Å². The number of hydrogen-bond acceptors (Lipinski definition) is 2. The SMILES string of the molecule is Cc1ccc(Sc2cc(C)c(F)cc2[C@@H](C)N)cc1C. The van der Waals surface area contributed by atoms with E-state index in [0.29, 0.717) is 5.56 Å². The summed E-state index contributed by atoms with van der Waals surface area (Å²) in [6.07, 6.45) is 0. The summed E-state index contributed by atoms with van der Waals surface area (Å²) in [6.45, 7) is 7.86. The summed E-state index contributed by atoms with van der Waals surface area (Å²) < 4.78 is 13.7. The van der Waals surface area contributed by atoms with Crippen molar-refractivity contribution in [2.45, 2.75) is 43.5 Å². The fraction of sp³-hybridized carbons (Fsp3) is 0.294. The Morgan fingerprint density at radius 1 is 1.00 bits per heavy atom. The first-order chi connectivity index (χ1) is 9.38. The van der Waals surface area contributed by atoms with Crippen molar-refractivity contribution < 1.29 is 4.39 Å². The van der Waals surface area contributed by atoms with E-state index in [2.05, 4.69) is 32.0 Å². The van der Waals surface area contributed by atoms with Gasteiger partial charge in [-0.25, -0.2) is 4.39 Å². The minimum Gasteiger partial charge on any atom is -0.324 e. The van der Waals surface area contributed by atoms with Gasteiger partial charge in [0.1, 0.15) is 5.82 Å². The predicted octanol–water partition coefficient (Wildman–Crippen LogP) is 4.92. The Morgan fingerprint density at radius 2 is 1.70 bits per heavy atom. The predicted molar refractivity (Wildman–Crippen MR) is 83.8 cm³/mol. The standard InChI is InChI=1S/C17H20FNS/c1-10-5-6-14(7-11(10)2)20-17-8-12(3)16(18)9-15(17)13(4)19/h5-9,13H,19H2,1-4H3/t13-/m1/s1. The lowest BCUT2D eigenvalue weighted by atomic mass is 10.1. The number of nitrogens with two attached hydrogens (primary N) is 1. The maximum Gasteiger partial charge on any atom is 0.126 e. The molecule has 0 radical (unpaired) electrons. The van der Waals surface area contributed by atoms with E-state index in [9.17, 15) is 4.39 Å². The molecule has 0 saturated heterocycles. The summed E-state index contributed by atoms with van der Waals surface area (Å²) in [5.41, 5.74) is 10.0. The van der Waals surface area contributed by atoms with E-state index in [0.717, 1.165) is 15.4 Å². The van der Waals surface area contributed by atoms with Crippen LogP contribution in [0.25, 0.3) is 0 Å². The summed E-state index contributed by atoms with van der Waals surface area (Å²) in [5.74, 6) is -0.193. The third-order valence-corrected chi connectivity index (χ3v) is 4.55. The van der Waals surface area contributed by atoms with Crippen molar-refractivity contribution in [3.05, 3.63) is 58.4 Å². The lowest BCUT2D eigenvalue weighted by Gasteiger charge is -2.14.